The number of nitrogens with one attached hydrogen (secondary N) is 1. The SMILES string of the molecule is Cc1cc(NC(=O)/C=C/c2ccccc2)c(C)cc1O. The maximum Gasteiger partial charge on any atom is 0.248 e. The van der Waals surface area contributed by atoms with E-state index in [2.05, 4.69) is 5.32 Å². The molecule has 0 unspecified atom stereocenters. The zero-order valence-corrected chi connectivity index (χ0v) is 11.6. The van der Waals surface area contributed by atoms with E-state index in [-0.39, 0.29) is 11.7 Å². The van der Waals surface area contributed by atoms with Crippen molar-refractivity contribution in [3.8, 4) is 5.75 Å². The third-order valence-electron chi connectivity index (χ3n) is 3.03. The summed E-state index contributed by atoms with van der Waals surface area (Å²) in [6.45, 7) is 3.64. The summed E-state index contributed by atoms with van der Waals surface area (Å²) in [5, 5.41) is 12.4. The van der Waals surface area contributed by atoms with Crippen LogP contribution in [-0.2, 0) is 4.79 Å². The van der Waals surface area contributed by atoms with Crippen LogP contribution < -0.4 is 5.32 Å². The van der Waals surface area contributed by atoms with Gasteiger partial charge < -0.3 is 10.4 Å². The highest BCUT2D eigenvalue weighted by Crippen LogP contribution is 2.24. The molecule has 0 saturated carbocycles. The van der Waals surface area contributed by atoms with Crippen molar-refractivity contribution in [2.24, 2.45) is 0 Å². The number of amides is 1. The Labute approximate surface area is 118 Å². The van der Waals surface area contributed by atoms with Crippen molar-refractivity contribution in [2.45, 2.75) is 13.8 Å². The molecular weight excluding hydrogens is 250 g/mol. The number of rotatable bonds is 3. The number of hydrogen-bond donors (Lipinski definition) is 2. The zero-order valence-electron chi connectivity index (χ0n) is 11.6. The van der Waals surface area contributed by atoms with E-state index in [4.69, 9.17) is 0 Å². The lowest BCUT2D eigenvalue weighted by atomic mass is 10.1. The second kappa shape index (κ2) is 6.06. The Hall–Kier alpha value is -2.55. The Bertz CT molecular complexity index is 646. The van der Waals surface area contributed by atoms with Gasteiger partial charge in [0.05, 0.1) is 0 Å². The van der Waals surface area contributed by atoms with Crippen LogP contribution in [0.4, 0.5) is 5.69 Å². The van der Waals surface area contributed by atoms with Gasteiger partial charge in [0, 0.05) is 11.8 Å². The second-order valence-electron chi connectivity index (χ2n) is 4.69. The van der Waals surface area contributed by atoms with Gasteiger partial charge in [0.15, 0.2) is 0 Å². The number of benzene rings is 2. The predicted octanol–water partition coefficient (Wildman–Crippen LogP) is 3.66. The minimum Gasteiger partial charge on any atom is -0.508 e. The molecular formula is C17H17NO2. The van der Waals surface area contributed by atoms with Crippen LogP contribution in [-0.4, -0.2) is 11.0 Å². The Morgan fingerprint density at radius 1 is 1.10 bits per heavy atom. The number of phenolic OH excluding ortho intramolecular Hbond substituents is 1. The Balaban J connectivity index is 2.09. The lowest BCUT2D eigenvalue weighted by molar-refractivity contribution is -0.111. The van der Waals surface area contributed by atoms with Crippen molar-refractivity contribution in [1.29, 1.82) is 0 Å². The van der Waals surface area contributed by atoms with Gasteiger partial charge in [-0.05, 0) is 48.7 Å². The van der Waals surface area contributed by atoms with Crippen LogP contribution in [0.1, 0.15) is 16.7 Å². The molecule has 0 aliphatic heterocycles. The molecule has 0 fully saturated rings. The highest BCUT2D eigenvalue weighted by molar-refractivity contribution is 6.02. The summed E-state index contributed by atoms with van der Waals surface area (Å²) in [5.41, 5.74) is 3.25. The van der Waals surface area contributed by atoms with Gasteiger partial charge >= 0.3 is 0 Å². The fourth-order valence-electron chi connectivity index (χ4n) is 1.85. The summed E-state index contributed by atoms with van der Waals surface area (Å²) < 4.78 is 0. The molecule has 2 aromatic rings. The lowest BCUT2D eigenvalue weighted by Crippen LogP contribution is -2.09. The molecule has 0 aliphatic carbocycles. The molecule has 102 valence electrons. The molecule has 0 bridgehead atoms. The van der Waals surface area contributed by atoms with E-state index < -0.39 is 0 Å². The molecule has 3 nitrogen and oxygen atoms in total. The second-order valence-corrected chi connectivity index (χ2v) is 4.69. The third-order valence-corrected chi connectivity index (χ3v) is 3.03. The normalized spacial score (nSPS) is 10.7. The van der Waals surface area contributed by atoms with Gasteiger partial charge in [-0.15, -0.1) is 0 Å². The quantitative estimate of drug-likeness (QED) is 0.658. The summed E-state index contributed by atoms with van der Waals surface area (Å²) >= 11 is 0. The van der Waals surface area contributed by atoms with E-state index in [0.717, 1.165) is 16.7 Å². The fraction of sp³-hybridized carbons (Fsp3) is 0.118. The molecule has 0 spiro atoms. The Morgan fingerprint density at radius 3 is 2.50 bits per heavy atom. The van der Waals surface area contributed by atoms with Crippen molar-refractivity contribution in [1.82, 2.24) is 0 Å². The first-order valence-corrected chi connectivity index (χ1v) is 6.40. The van der Waals surface area contributed by atoms with Crippen LogP contribution in [0.25, 0.3) is 6.08 Å². The topological polar surface area (TPSA) is 49.3 Å². The standard InChI is InChI=1S/C17H17NO2/c1-12-11-16(19)13(2)10-15(12)18-17(20)9-8-14-6-4-3-5-7-14/h3-11,19H,1-2H3,(H,18,20)/b9-8+. The van der Waals surface area contributed by atoms with Gasteiger partial charge in [-0.1, -0.05) is 30.3 Å². The van der Waals surface area contributed by atoms with Crippen molar-refractivity contribution in [3.05, 3.63) is 65.2 Å². The first-order valence-electron chi connectivity index (χ1n) is 6.40. The van der Waals surface area contributed by atoms with Crippen LogP contribution in [0.3, 0.4) is 0 Å². The zero-order chi connectivity index (χ0) is 14.5. The largest absolute Gasteiger partial charge is 0.508 e. The van der Waals surface area contributed by atoms with Crippen LogP contribution in [0.2, 0.25) is 0 Å². The molecule has 0 aromatic heterocycles. The number of carbonyl (C=O) groups excluding carboxylic acids is 1. The summed E-state index contributed by atoms with van der Waals surface area (Å²) in [7, 11) is 0. The molecule has 2 aromatic carbocycles. The third kappa shape index (κ3) is 3.48. The summed E-state index contributed by atoms with van der Waals surface area (Å²) in [6.07, 6.45) is 3.26. The van der Waals surface area contributed by atoms with Gasteiger partial charge in [0.25, 0.3) is 0 Å². The summed E-state index contributed by atoms with van der Waals surface area (Å²) in [6, 6.07) is 13.0. The number of carbonyl (C=O) groups is 1. The maximum atomic E-state index is 11.9. The number of hydrogen-bond acceptors (Lipinski definition) is 2. The first-order chi connectivity index (χ1) is 9.56. The molecule has 2 N–H and O–H groups in total. The minimum atomic E-state index is -0.193. The first kappa shape index (κ1) is 13.9. The van der Waals surface area contributed by atoms with Crippen molar-refractivity contribution in [3.63, 3.8) is 0 Å². The van der Waals surface area contributed by atoms with E-state index in [1.54, 1.807) is 25.1 Å². The highest BCUT2D eigenvalue weighted by Gasteiger charge is 2.05. The van der Waals surface area contributed by atoms with Crippen LogP contribution in [0.5, 0.6) is 5.75 Å². The maximum absolute atomic E-state index is 11.9. The molecule has 20 heavy (non-hydrogen) atoms. The van der Waals surface area contributed by atoms with Crippen molar-refractivity contribution >= 4 is 17.7 Å². The predicted molar refractivity (Wildman–Crippen MR) is 81.7 cm³/mol. The Morgan fingerprint density at radius 2 is 1.80 bits per heavy atom. The van der Waals surface area contributed by atoms with Gasteiger partial charge in [-0.25, -0.2) is 0 Å². The lowest BCUT2D eigenvalue weighted by Gasteiger charge is -2.09. The number of phenols is 1. The molecule has 0 atom stereocenters. The van der Waals surface area contributed by atoms with Crippen molar-refractivity contribution < 1.29 is 9.90 Å². The molecule has 0 aliphatic rings. The van der Waals surface area contributed by atoms with E-state index in [1.165, 1.54) is 6.08 Å². The smallest absolute Gasteiger partial charge is 0.248 e. The average Bonchev–Trinajstić information content (AvgIpc) is 2.44. The van der Waals surface area contributed by atoms with Gasteiger partial charge in [0.1, 0.15) is 5.75 Å². The fourth-order valence-corrected chi connectivity index (χ4v) is 1.85. The van der Waals surface area contributed by atoms with Gasteiger partial charge in [-0.2, -0.15) is 0 Å². The monoisotopic (exact) mass is 267 g/mol. The van der Waals surface area contributed by atoms with Crippen LogP contribution in [0, 0.1) is 13.8 Å². The molecule has 1 amide bonds. The summed E-state index contributed by atoms with van der Waals surface area (Å²) in [5.74, 6) is 0.0439. The number of anilines is 1. The van der Waals surface area contributed by atoms with E-state index in [1.807, 2.05) is 37.3 Å². The molecule has 3 heteroatoms. The number of aromatic hydroxyl groups is 1. The van der Waals surface area contributed by atoms with E-state index >= 15 is 0 Å². The Kier molecular flexibility index (Phi) is 4.20. The molecule has 2 rings (SSSR count). The highest BCUT2D eigenvalue weighted by atomic mass is 16.3. The van der Waals surface area contributed by atoms with E-state index in [0.29, 0.717) is 5.69 Å². The summed E-state index contributed by atoms with van der Waals surface area (Å²) in [4.78, 5) is 11.9. The van der Waals surface area contributed by atoms with Gasteiger partial charge in [0.2, 0.25) is 5.91 Å². The minimum absolute atomic E-state index is 0.193. The number of aryl methyl sites for hydroxylation is 2. The molecule has 0 radical (unpaired) electrons. The molecule has 0 heterocycles. The van der Waals surface area contributed by atoms with Gasteiger partial charge in [-0.3, -0.25) is 4.79 Å². The molecule has 0 saturated heterocycles. The van der Waals surface area contributed by atoms with Crippen LogP contribution in [0.15, 0.2) is 48.5 Å². The van der Waals surface area contributed by atoms with E-state index in [9.17, 15) is 9.90 Å². The average molecular weight is 267 g/mol. The van der Waals surface area contributed by atoms with Crippen LogP contribution >= 0.6 is 0 Å². The van der Waals surface area contributed by atoms with Crippen molar-refractivity contribution in [2.75, 3.05) is 5.32 Å².